The van der Waals surface area contributed by atoms with Gasteiger partial charge in [-0.05, 0) is 142 Å². The number of likely N-dealkylation sites (tertiary alicyclic amines) is 2. The van der Waals surface area contributed by atoms with E-state index in [0.29, 0.717) is 46.9 Å². The highest BCUT2D eigenvalue weighted by Crippen LogP contribution is 2.51. The molecule has 10 rings (SSSR count). The number of methoxy groups -OCH3 is 2. The molecule has 6 heterocycles. The van der Waals surface area contributed by atoms with Crippen LogP contribution in [0.15, 0.2) is 53.6 Å². The predicted molar refractivity (Wildman–Crippen MR) is 225 cm³/mol. The summed E-state index contributed by atoms with van der Waals surface area (Å²) in [4.78, 5) is 64.4. The summed E-state index contributed by atoms with van der Waals surface area (Å²) in [7, 11) is 3.43. The van der Waals surface area contributed by atoms with Crippen molar-refractivity contribution in [2.24, 2.45) is 11.3 Å². The largest absolute Gasteiger partial charge is 0.496 e. The molecular formula is C47H54N6O7. The zero-order valence-electron chi connectivity index (χ0n) is 34.6. The van der Waals surface area contributed by atoms with Gasteiger partial charge in [-0.25, -0.2) is 0 Å². The Hall–Kier alpha value is -5.27. The summed E-state index contributed by atoms with van der Waals surface area (Å²) in [6.45, 7) is 6.58. The molecule has 4 aliphatic heterocycles. The number of hydrogen-bond donors (Lipinski definition) is 2. The number of pyridine rings is 2. The van der Waals surface area contributed by atoms with Gasteiger partial charge in [0, 0.05) is 61.2 Å². The van der Waals surface area contributed by atoms with Gasteiger partial charge in [0.25, 0.3) is 11.5 Å². The second-order valence-electron chi connectivity index (χ2n) is 18.2. The zero-order valence-corrected chi connectivity index (χ0v) is 34.6. The van der Waals surface area contributed by atoms with Crippen LogP contribution in [0.25, 0.3) is 21.9 Å². The molecule has 2 aromatic carbocycles. The van der Waals surface area contributed by atoms with Crippen molar-refractivity contribution in [1.82, 2.24) is 30.0 Å². The van der Waals surface area contributed by atoms with E-state index in [2.05, 4.69) is 43.3 Å². The molecule has 314 valence electrons. The summed E-state index contributed by atoms with van der Waals surface area (Å²) in [6.07, 6.45) is 13.3. The Morgan fingerprint density at radius 2 is 1.58 bits per heavy atom. The van der Waals surface area contributed by atoms with Gasteiger partial charge in [-0.2, -0.15) is 0 Å². The molecule has 4 aromatic rings. The number of nitrogens with one attached hydrogen (secondary N) is 2. The lowest BCUT2D eigenvalue weighted by molar-refractivity contribution is -0.136. The number of piperidine rings is 3. The fourth-order valence-corrected chi connectivity index (χ4v) is 10.6. The Morgan fingerprint density at radius 1 is 0.833 bits per heavy atom. The average Bonchev–Trinajstić information content (AvgIpc) is 4.05. The number of hydrogen-bond acceptors (Lipinski definition) is 10. The molecule has 1 spiro atoms. The van der Waals surface area contributed by atoms with Crippen LogP contribution in [0.2, 0.25) is 0 Å². The van der Waals surface area contributed by atoms with Gasteiger partial charge in [-0.3, -0.25) is 34.4 Å². The molecule has 3 amide bonds. The van der Waals surface area contributed by atoms with E-state index in [1.165, 1.54) is 12.8 Å². The fourth-order valence-electron chi connectivity index (χ4n) is 10.6. The van der Waals surface area contributed by atoms with Crippen molar-refractivity contribution in [3.8, 4) is 28.4 Å². The topological polar surface area (TPSA) is 146 Å². The smallest absolute Gasteiger partial charge is 0.257 e. The third kappa shape index (κ3) is 7.44. The van der Waals surface area contributed by atoms with Crippen molar-refractivity contribution < 1.29 is 28.6 Å². The number of benzene rings is 2. The molecule has 2 N–H and O–H groups in total. The molecule has 60 heavy (non-hydrogen) atoms. The molecule has 1 unspecified atom stereocenters. The summed E-state index contributed by atoms with van der Waals surface area (Å²) in [6, 6.07) is 11.3. The Kier molecular flexibility index (Phi) is 10.1. The van der Waals surface area contributed by atoms with E-state index in [1.54, 1.807) is 31.5 Å². The van der Waals surface area contributed by atoms with Gasteiger partial charge in [0.15, 0.2) is 0 Å². The second-order valence-corrected chi connectivity index (χ2v) is 18.2. The van der Waals surface area contributed by atoms with Gasteiger partial charge in [0.05, 0.1) is 31.3 Å². The monoisotopic (exact) mass is 814 g/mol. The summed E-state index contributed by atoms with van der Waals surface area (Å²) in [5, 5.41) is 3.86. The van der Waals surface area contributed by atoms with Gasteiger partial charge >= 0.3 is 0 Å². The maximum Gasteiger partial charge on any atom is 0.257 e. The van der Waals surface area contributed by atoms with Crippen LogP contribution < -0.4 is 25.1 Å². The van der Waals surface area contributed by atoms with Gasteiger partial charge in [-0.15, -0.1) is 0 Å². The summed E-state index contributed by atoms with van der Waals surface area (Å²) in [5.74, 6) is 2.60. The third-order valence-electron chi connectivity index (χ3n) is 14.4. The minimum absolute atomic E-state index is 0.137. The SMILES string of the molecule is COc1cc(-c2c[nH]c(=O)c3cnc(C4CC4)cc23)cc(OC)c1CN1CCC(CN2CCC3(CC2)CC(Oc2ccc4c(c2)C(=O)N(C2CCC(=O)NC2=O)C4)C3)CC1. The highest BCUT2D eigenvalue weighted by Gasteiger charge is 2.47. The summed E-state index contributed by atoms with van der Waals surface area (Å²) in [5.41, 5.74) is 5.66. The number of carbonyl (C=O) groups is 3. The number of amides is 3. The van der Waals surface area contributed by atoms with E-state index in [0.717, 1.165) is 123 Å². The lowest BCUT2D eigenvalue weighted by Gasteiger charge is -2.52. The van der Waals surface area contributed by atoms with Crippen LogP contribution >= 0.6 is 0 Å². The highest BCUT2D eigenvalue weighted by molar-refractivity contribution is 6.05. The molecule has 1 atom stereocenters. The molecule has 2 aliphatic carbocycles. The van der Waals surface area contributed by atoms with Crippen molar-refractivity contribution >= 4 is 28.5 Å². The number of imide groups is 1. The van der Waals surface area contributed by atoms with E-state index < -0.39 is 11.9 Å². The Morgan fingerprint density at radius 3 is 2.28 bits per heavy atom. The lowest BCUT2D eigenvalue weighted by atomic mass is 9.61. The van der Waals surface area contributed by atoms with Crippen molar-refractivity contribution in [2.75, 3.05) is 46.9 Å². The number of aromatic amines is 1. The minimum Gasteiger partial charge on any atom is -0.496 e. The van der Waals surface area contributed by atoms with E-state index in [-0.39, 0.29) is 29.9 Å². The van der Waals surface area contributed by atoms with Gasteiger partial charge in [0.2, 0.25) is 11.8 Å². The van der Waals surface area contributed by atoms with Crippen LogP contribution in [0.5, 0.6) is 17.2 Å². The Balaban J connectivity index is 0.701. The summed E-state index contributed by atoms with van der Waals surface area (Å²) < 4.78 is 18.4. The number of ether oxygens (including phenoxy) is 3. The fraction of sp³-hybridized carbons (Fsp3) is 0.511. The van der Waals surface area contributed by atoms with Crippen LogP contribution in [0.4, 0.5) is 0 Å². The Labute approximate surface area is 349 Å². The lowest BCUT2D eigenvalue weighted by Crippen LogP contribution is -2.52. The number of fused-ring (bicyclic) bond motifs is 2. The van der Waals surface area contributed by atoms with E-state index in [1.807, 2.05) is 18.2 Å². The van der Waals surface area contributed by atoms with Crippen LogP contribution in [-0.2, 0) is 22.7 Å². The molecule has 6 aliphatic rings. The molecule has 0 bridgehead atoms. The van der Waals surface area contributed by atoms with Crippen molar-refractivity contribution in [2.45, 2.75) is 95.4 Å². The maximum absolute atomic E-state index is 13.3. The van der Waals surface area contributed by atoms with Crippen LogP contribution in [-0.4, -0.2) is 101 Å². The minimum atomic E-state index is -0.613. The molecule has 13 heteroatoms. The third-order valence-corrected chi connectivity index (χ3v) is 14.4. The summed E-state index contributed by atoms with van der Waals surface area (Å²) >= 11 is 0. The average molecular weight is 815 g/mol. The molecular weight excluding hydrogens is 761 g/mol. The molecule has 13 nitrogen and oxygen atoms in total. The highest BCUT2D eigenvalue weighted by atomic mass is 16.5. The van der Waals surface area contributed by atoms with Crippen LogP contribution in [0, 0.1) is 11.3 Å². The Bertz CT molecular complexity index is 2380. The van der Waals surface area contributed by atoms with E-state index in [4.69, 9.17) is 14.2 Å². The molecule has 2 aromatic heterocycles. The first-order valence-corrected chi connectivity index (χ1v) is 21.8. The first-order chi connectivity index (χ1) is 29.2. The van der Waals surface area contributed by atoms with Gasteiger partial charge < -0.3 is 29.0 Å². The number of carbonyl (C=O) groups excluding carboxylic acids is 3. The first kappa shape index (κ1) is 38.9. The second kappa shape index (κ2) is 15.6. The van der Waals surface area contributed by atoms with Gasteiger partial charge in [0.1, 0.15) is 23.3 Å². The maximum atomic E-state index is 13.3. The molecule has 2 saturated carbocycles. The zero-order chi connectivity index (χ0) is 41.1. The predicted octanol–water partition coefficient (Wildman–Crippen LogP) is 5.78. The van der Waals surface area contributed by atoms with Crippen molar-refractivity contribution in [3.63, 3.8) is 0 Å². The molecule has 0 radical (unpaired) electrons. The quantitative estimate of drug-likeness (QED) is 0.179. The molecule has 3 saturated heterocycles. The van der Waals surface area contributed by atoms with E-state index in [9.17, 15) is 19.2 Å². The van der Waals surface area contributed by atoms with Crippen LogP contribution in [0.3, 0.4) is 0 Å². The van der Waals surface area contributed by atoms with Crippen LogP contribution in [0.1, 0.15) is 97.3 Å². The standard InChI is InChI=1S/C47H54N6O7/c1-58-41-17-31(36-23-49-44(55)37-24-48-39(20-35(36)37)29-3-4-29)18-42(59-2)38(41)27-51-13-9-28(10-14-51)25-52-15-11-47(12-16-52)21-33(22-47)60-32-6-5-30-26-53(46(57)34(30)19-32)40-7-8-43(54)50-45(40)56/h5-6,17-20,23-24,28-29,33,40H,3-4,7-16,21-22,25-27H2,1-2H3,(H,49,55)(H,50,54,56). The van der Waals surface area contributed by atoms with Crippen molar-refractivity contribution in [3.05, 3.63) is 81.5 Å². The number of H-pyrrole nitrogens is 1. The number of nitrogens with zero attached hydrogens (tertiary/aromatic N) is 4. The number of aromatic nitrogens is 2. The molecule has 5 fully saturated rings. The van der Waals surface area contributed by atoms with Crippen molar-refractivity contribution in [1.29, 1.82) is 0 Å². The number of rotatable bonds is 11. The van der Waals surface area contributed by atoms with Gasteiger partial charge in [-0.1, -0.05) is 6.07 Å². The first-order valence-electron chi connectivity index (χ1n) is 21.8. The van der Waals surface area contributed by atoms with E-state index >= 15 is 0 Å². The normalized spacial score (nSPS) is 22.5.